The normalized spacial score (nSPS) is 10.2. The zero-order valence-electron chi connectivity index (χ0n) is 13.2. The van der Waals surface area contributed by atoms with E-state index in [1.807, 2.05) is 36.4 Å². The van der Waals surface area contributed by atoms with Crippen molar-refractivity contribution in [1.82, 2.24) is 20.2 Å². The van der Waals surface area contributed by atoms with Gasteiger partial charge in [0.05, 0.1) is 31.7 Å². The molecule has 0 bridgehead atoms. The first-order valence-corrected chi connectivity index (χ1v) is 7.46. The molecular formula is C17H17N5O2. The lowest BCUT2D eigenvalue weighted by atomic mass is 10.1. The van der Waals surface area contributed by atoms with Gasteiger partial charge in [0.25, 0.3) is 0 Å². The van der Waals surface area contributed by atoms with E-state index < -0.39 is 0 Å². The zero-order valence-corrected chi connectivity index (χ0v) is 13.2. The summed E-state index contributed by atoms with van der Waals surface area (Å²) in [5.74, 6) is 1.98. The van der Waals surface area contributed by atoms with Gasteiger partial charge in [0, 0.05) is 11.8 Å². The van der Waals surface area contributed by atoms with Crippen molar-refractivity contribution in [2.45, 2.75) is 0 Å². The summed E-state index contributed by atoms with van der Waals surface area (Å²) in [7, 11) is 1.64. The molecule has 0 saturated carbocycles. The minimum absolute atomic E-state index is 0.457. The van der Waals surface area contributed by atoms with Crippen LogP contribution in [0.3, 0.4) is 0 Å². The molecule has 0 radical (unpaired) electrons. The number of methoxy groups -OCH3 is 1. The quantitative estimate of drug-likeness (QED) is 0.669. The summed E-state index contributed by atoms with van der Waals surface area (Å²) in [6.45, 7) is 1.03. The summed E-state index contributed by atoms with van der Waals surface area (Å²) in [4.78, 5) is 8.44. The van der Waals surface area contributed by atoms with Crippen LogP contribution in [-0.2, 0) is 0 Å². The highest BCUT2D eigenvalue weighted by atomic mass is 16.5. The fraction of sp³-hybridized carbons (Fsp3) is 0.176. The van der Waals surface area contributed by atoms with E-state index in [0.717, 1.165) is 22.8 Å². The third-order valence-corrected chi connectivity index (χ3v) is 3.23. The Kier molecular flexibility index (Phi) is 5.14. The largest absolute Gasteiger partial charge is 0.497 e. The number of hydrogen-bond donors (Lipinski definition) is 1. The zero-order chi connectivity index (χ0) is 16.6. The summed E-state index contributed by atoms with van der Waals surface area (Å²) < 4.78 is 10.7. The molecule has 0 aliphatic carbocycles. The Morgan fingerprint density at radius 2 is 1.92 bits per heavy atom. The van der Waals surface area contributed by atoms with Gasteiger partial charge in [-0.2, -0.15) is 5.10 Å². The molecule has 0 atom stereocenters. The second-order valence-electron chi connectivity index (χ2n) is 4.86. The maximum atomic E-state index is 5.55. The average Bonchev–Trinajstić information content (AvgIpc) is 2.66. The van der Waals surface area contributed by atoms with Crippen LogP contribution >= 0.6 is 0 Å². The molecule has 7 nitrogen and oxygen atoms in total. The van der Waals surface area contributed by atoms with E-state index >= 15 is 0 Å². The number of ether oxygens (including phenoxy) is 2. The number of benzene rings is 1. The number of aromatic nitrogens is 4. The minimum Gasteiger partial charge on any atom is -0.497 e. The van der Waals surface area contributed by atoms with Gasteiger partial charge in [0.15, 0.2) is 0 Å². The molecule has 1 aromatic carbocycles. The van der Waals surface area contributed by atoms with Crippen molar-refractivity contribution in [2.75, 3.05) is 25.6 Å². The molecule has 0 amide bonds. The van der Waals surface area contributed by atoms with Crippen molar-refractivity contribution in [3.05, 3.63) is 55.0 Å². The van der Waals surface area contributed by atoms with Crippen LogP contribution < -0.4 is 14.8 Å². The Morgan fingerprint density at radius 3 is 2.67 bits per heavy atom. The molecule has 0 aliphatic rings. The Hall–Kier alpha value is -3.22. The van der Waals surface area contributed by atoms with Gasteiger partial charge in [0.2, 0.25) is 5.95 Å². The maximum Gasteiger partial charge on any atom is 0.243 e. The number of rotatable bonds is 7. The number of nitrogens with one attached hydrogen (secondary N) is 1. The van der Waals surface area contributed by atoms with Gasteiger partial charge in [-0.25, -0.2) is 4.98 Å². The Labute approximate surface area is 139 Å². The van der Waals surface area contributed by atoms with Crippen LogP contribution in [0.2, 0.25) is 0 Å². The molecule has 122 valence electrons. The molecule has 0 aliphatic heterocycles. The lowest BCUT2D eigenvalue weighted by Crippen LogP contribution is -2.14. The monoisotopic (exact) mass is 323 g/mol. The highest BCUT2D eigenvalue weighted by molar-refractivity contribution is 5.60. The third-order valence-electron chi connectivity index (χ3n) is 3.23. The summed E-state index contributed by atoms with van der Waals surface area (Å²) in [6, 6.07) is 11.3. The number of anilines is 1. The van der Waals surface area contributed by atoms with Crippen LogP contribution in [-0.4, -0.2) is 40.4 Å². The lowest BCUT2D eigenvalue weighted by Gasteiger charge is -2.08. The van der Waals surface area contributed by atoms with Crippen molar-refractivity contribution in [3.8, 4) is 22.8 Å². The summed E-state index contributed by atoms with van der Waals surface area (Å²) in [6.07, 6.45) is 5.00. The molecule has 3 rings (SSSR count). The first kappa shape index (κ1) is 15.7. The van der Waals surface area contributed by atoms with Gasteiger partial charge in [-0.05, 0) is 36.4 Å². The van der Waals surface area contributed by atoms with E-state index in [2.05, 4.69) is 25.5 Å². The molecule has 7 heteroatoms. The highest BCUT2D eigenvalue weighted by Gasteiger charge is 2.04. The van der Waals surface area contributed by atoms with Gasteiger partial charge in [-0.1, -0.05) is 0 Å². The molecular weight excluding hydrogens is 306 g/mol. The van der Waals surface area contributed by atoms with E-state index in [1.165, 1.54) is 0 Å². The maximum absolute atomic E-state index is 5.55. The van der Waals surface area contributed by atoms with Crippen LogP contribution in [0, 0.1) is 0 Å². The topological polar surface area (TPSA) is 82.1 Å². The van der Waals surface area contributed by atoms with E-state index in [9.17, 15) is 0 Å². The van der Waals surface area contributed by atoms with Gasteiger partial charge in [0.1, 0.15) is 18.1 Å². The molecule has 3 aromatic rings. The van der Waals surface area contributed by atoms with E-state index in [0.29, 0.717) is 19.1 Å². The van der Waals surface area contributed by atoms with Crippen LogP contribution in [0.5, 0.6) is 11.5 Å². The SMILES string of the molecule is COc1ccc(-c2cnnc(NCCOc3cccnc3)n2)cc1. The van der Waals surface area contributed by atoms with Crippen molar-refractivity contribution in [1.29, 1.82) is 0 Å². The summed E-state index contributed by atoms with van der Waals surface area (Å²) in [5.41, 5.74) is 1.68. The number of hydrogen-bond acceptors (Lipinski definition) is 7. The Morgan fingerprint density at radius 1 is 1.04 bits per heavy atom. The number of nitrogens with zero attached hydrogens (tertiary/aromatic N) is 4. The summed E-state index contributed by atoms with van der Waals surface area (Å²) >= 11 is 0. The predicted octanol–water partition coefficient (Wildman–Crippen LogP) is 2.43. The number of pyridine rings is 1. The molecule has 0 unspecified atom stereocenters. The van der Waals surface area contributed by atoms with Crippen LogP contribution in [0.1, 0.15) is 0 Å². The minimum atomic E-state index is 0.457. The van der Waals surface area contributed by atoms with Crippen molar-refractivity contribution < 1.29 is 9.47 Å². The van der Waals surface area contributed by atoms with E-state index in [1.54, 1.807) is 25.7 Å². The highest BCUT2D eigenvalue weighted by Crippen LogP contribution is 2.20. The van der Waals surface area contributed by atoms with Gasteiger partial charge in [-0.15, -0.1) is 5.10 Å². The second kappa shape index (κ2) is 7.87. The van der Waals surface area contributed by atoms with E-state index in [4.69, 9.17) is 9.47 Å². The van der Waals surface area contributed by atoms with E-state index in [-0.39, 0.29) is 0 Å². The second-order valence-corrected chi connectivity index (χ2v) is 4.86. The molecule has 0 fully saturated rings. The fourth-order valence-electron chi connectivity index (χ4n) is 2.04. The van der Waals surface area contributed by atoms with Crippen molar-refractivity contribution in [2.24, 2.45) is 0 Å². The van der Waals surface area contributed by atoms with Crippen molar-refractivity contribution in [3.63, 3.8) is 0 Å². The van der Waals surface area contributed by atoms with Crippen LogP contribution in [0.4, 0.5) is 5.95 Å². The first-order valence-electron chi connectivity index (χ1n) is 7.46. The first-order chi connectivity index (χ1) is 11.8. The molecule has 0 saturated heterocycles. The molecule has 2 aromatic heterocycles. The molecule has 1 N–H and O–H groups in total. The Balaban J connectivity index is 1.56. The smallest absolute Gasteiger partial charge is 0.243 e. The lowest BCUT2D eigenvalue weighted by molar-refractivity contribution is 0.331. The van der Waals surface area contributed by atoms with Crippen LogP contribution in [0.25, 0.3) is 11.3 Å². The third kappa shape index (κ3) is 4.16. The van der Waals surface area contributed by atoms with Gasteiger partial charge < -0.3 is 14.8 Å². The predicted molar refractivity (Wildman–Crippen MR) is 90.0 cm³/mol. The van der Waals surface area contributed by atoms with Gasteiger partial charge in [-0.3, -0.25) is 4.98 Å². The fourth-order valence-corrected chi connectivity index (χ4v) is 2.04. The molecule has 0 spiro atoms. The summed E-state index contributed by atoms with van der Waals surface area (Å²) in [5, 5.41) is 11.1. The molecule has 24 heavy (non-hydrogen) atoms. The van der Waals surface area contributed by atoms with Crippen molar-refractivity contribution >= 4 is 5.95 Å². The average molecular weight is 323 g/mol. The van der Waals surface area contributed by atoms with Gasteiger partial charge >= 0.3 is 0 Å². The van der Waals surface area contributed by atoms with Crippen LogP contribution in [0.15, 0.2) is 55.0 Å². The Bertz CT molecular complexity index is 765. The molecule has 2 heterocycles. The standard InChI is InChI=1S/C17H17N5O2/c1-23-14-6-4-13(5-7-14)16-12-20-22-17(21-16)19-9-10-24-15-3-2-8-18-11-15/h2-8,11-12H,9-10H2,1H3,(H,19,21,22).